The molecule has 1 heterocycles. The monoisotopic (exact) mass is 239 g/mol. The van der Waals surface area contributed by atoms with Crippen LogP contribution in [0.3, 0.4) is 0 Å². The van der Waals surface area contributed by atoms with Gasteiger partial charge in [-0.25, -0.2) is 9.97 Å². The number of hydrogen-bond acceptors (Lipinski definition) is 4. The summed E-state index contributed by atoms with van der Waals surface area (Å²) in [6.07, 6.45) is 4.88. The highest BCUT2D eigenvalue weighted by atomic mass is 32.2. The van der Waals surface area contributed by atoms with E-state index in [4.69, 9.17) is 0 Å². The van der Waals surface area contributed by atoms with E-state index in [9.17, 15) is 0 Å². The molecule has 0 saturated carbocycles. The van der Waals surface area contributed by atoms with Gasteiger partial charge in [-0.15, -0.1) is 0 Å². The molecule has 0 radical (unpaired) electrons. The summed E-state index contributed by atoms with van der Waals surface area (Å²) < 4.78 is 0. The summed E-state index contributed by atoms with van der Waals surface area (Å²) in [6.45, 7) is 9.59. The van der Waals surface area contributed by atoms with Crippen molar-refractivity contribution in [1.29, 1.82) is 0 Å². The second-order valence-corrected chi connectivity index (χ2v) is 5.28. The lowest BCUT2D eigenvalue weighted by Crippen LogP contribution is -2.36. The van der Waals surface area contributed by atoms with Crippen LogP contribution in [0, 0.1) is 6.92 Å². The predicted molar refractivity (Wildman–Crippen MR) is 69.8 cm³/mol. The third kappa shape index (κ3) is 4.10. The van der Waals surface area contributed by atoms with Gasteiger partial charge in [0.2, 0.25) is 0 Å². The standard InChI is InChI=1S/C12H21N3S/c1-5-11(13-6-2)10(4)16-12-14-7-9(3)8-15-12/h7-8,10-11,13H,5-6H2,1-4H3. The SMILES string of the molecule is CCNC(CC)C(C)Sc1ncc(C)cn1. The Labute approximate surface area is 102 Å². The van der Waals surface area contributed by atoms with Crippen LogP contribution in [0.2, 0.25) is 0 Å². The molecule has 1 aromatic heterocycles. The molecular formula is C12H21N3S. The molecule has 1 N–H and O–H groups in total. The van der Waals surface area contributed by atoms with E-state index in [-0.39, 0.29) is 0 Å². The lowest BCUT2D eigenvalue weighted by atomic mass is 10.2. The fraction of sp³-hybridized carbons (Fsp3) is 0.667. The van der Waals surface area contributed by atoms with Gasteiger partial charge in [-0.1, -0.05) is 32.5 Å². The summed E-state index contributed by atoms with van der Waals surface area (Å²) in [4.78, 5) is 8.64. The maximum atomic E-state index is 4.32. The average Bonchev–Trinajstić information content (AvgIpc) is 2.29. The van der Waals surface area contributed by atoms with Crippen LogP contribution in [0.15, 0.2) is 17.6 Å². The number of aryl methyl sites for hydroxylation is 1. The van der Waals surface area contributed by atoms with Gasteiger partial charge in [0.15, 0.2) is 5.16 Å². The fourth-order valence-electron chi connectivity index (χ4n) is 1.59. The zero-order chi connectivity index (χ0) is 12.0. The highest BCUT2D eigenvalue weighted by Crippen LogP contribution is 2.22. The maximum absolute atomic E-state index is 4.32. The third-order valence-corrected chi connectivity index (χ3v) is 3.64. The number of hydrogen-bond donors (Lipinski definition) is 1. The van der Waals surface area contributed by atoms with Crippen LogP contribution in [0.25, 0.3) is 0 Å². The van der Waals surface area contributed by atoms with Crippen molar-refractivity contribution in [3.8, 4) is 0 Å². The third-order valence-electron chi connectivity index (χ3n) is 2.52. The van der Waals surface area contributed by atoms with Crippen molar-refractivity contribution in [2.24, 2.45) is 0 Å². The van der Waals surface area contributed by atoms with Gasteiger partial charge in [0.25, 0.3) is 0 Å². The quantitative estimate of drug-likeness (QED) is 0.612. The van der Waals surface area contributed by atoms with Crippen LogP contribution in [-0.2, 0) is 0 Å². The first kappa shape index (κ1) is 13.5. The minimum atomic E-state index is 0.493. The van der Waals surface area contributed by atoms with Crippen molar-refractivity contribution in [3.63, 3.8) is 0 Å². The predicted octanol–water partition coefficient (Wildman–Crippen LogP) is 2.65. The molecule has 0 amide bonds. The molecule has 2 atom stereocenters. The second-order valence-electron chi connectivity index (χ2n) is 3.94. The molecule has 0 bridgehead atoms. The van der Waals surface area contributed by atoms with E-state index in [1.807, 2.05) is 19.3 Å². The Morgan fingerprint density at radius 1 is 1.31 bits per heavy atom. The molecule has 1 aromatic rings. The van der Waals surface area contributed by atoms with Crippen LogP contribution in [0.4, 0.5) is 0 Å². The second kappa shape index (κ2) is 6.86. The van der Waals surface area contributed by atoms with Crippen molar-refractivity contribution in [2.75, 3.05) is 6.54 Å². The Morgan fingerprint density at radius 3 is 2.44 bits per heavy atom. The average molecular weight is 239 g/mol. The van der Waals surface area contributed by atoms with E-state index in [0.717, 1.165) is 23.7 Å². The first-order valence-electron chi connectivity index (χ1n) is 5.86. The van der Waals surface area contributed by atoms with Crippen LogP contribution >= 0.6 is 11.8 Å². The van der Waals surface area contributed by atoms with Crippen LogP contribution in [0.1, 0.15) is 32.8 Å². The van der Waals surface area contributed by atoms with E-state index < -0.39 is 0 Å². The van der Waals surface area contributed by atoms with Gasteiger partial charge in [-0.2, -0.15) is 0 Å². The number of rotatable bonds is 6. The van der Waals surface area contributed by atoms with Crippen LogP contribution in [0.5, 0.6) is 0 Å². The van der Waals surface area contributed by atoms with E-state index in [0.29, 0.717) is 11.3 Å². The van der Waals surface area contributed by atoms with Crippen molar-refractivity contribution in [3.05, 3.63) is 18.0 Å². The zero-order valence-electron chi connectivity index (χ0n) is 10.5. The minimum Gasteiger partial charge on any atom is -0.313 e. The lowest BCUT2D eigenvalue weighted by Gasteiger charge is -2.22. The molecule has 0 aliphatic carbocycles. The zero-order valence-corrected chi connectivity index (χ0v) is 11.3. The van der Waals surface area contributed by atoms with Gasteiger partial charge in [0, 0.05) is 23.7 Å². The molecule has 2 unspecified atom stereocenters. The Kier molecular flexibility index (Phi) is 5.77. The molecule has 0 spiro atoms. The molecule has 0 saturated heterocycles. The van der Waals surface area contributed by atoms with Crippen LogP contribution < -0.4 is 5.32 Å². The van der Waals surface area contributed by atoms with E-state index >= 15 is 0 Å². The highest BCUT2D eigenvalue weighted by Gasteiger charge is 2.16. The fourth-order valence-corrected chi connectivity index (χ4v) is 2.61. The molecule has 90 valence electrons. The first-order valence-corrected chi connectivity index (χ1v) is 6.74. The molecule has 16 heavy (non-hydrogen) atoms. The lowest BCUT2D eigenvalue weighted by molar-refractivity contribution is 0.508. The topological polar surface area (TPSA) is 37.8 Å². The number of aromatic nitrogens is 2. The maximum Gasteiger partial charge on any atom is 0.187 e. The smallest absolute Gasteiger partial charge is 0.187 e. The van der Waals surface area contributed by atoms with Gasteiger partial charge >= 0.3 is 0 Å². The molecule has 3 nitrogen and oxygen atoms in total. The molecule has 0 fully saturated rings. The molecule has 4 heteroatoms. The Bertz CT molecular complexity index is 300. The molecule has 0 aromatic carbocycles. The molecule has 0 aliphatic heterocycles. The summed E-state index contributed by atoms with van der Waals surface area (Å²) >= 11 is 1.74. The minimum absolute atomic E-state index is 0.493. The van der Waals surface area contributed by atoms with Gasteiger partial charge in [-0.3, -0.25) is 0 Å². The summed E-state index contributed by atoms with van der Waals surface area (Å²) in [7, 11) is 0. The molecular weight excluding hydrogens is 218 g/mol. The Morgan fingerprint density at radius 2 is 1.94 bits per heavy atom. The number of nitrogens with zero attached hydrogens (tertiary/aromatic N) is 2. The van der Waals surface area contributed by atoms with Gasteiger partial charge in [-0.05, 0) is 25.5 Å². The Hall–Kier alpha value is -0.610. The number of nitrogens with one attached hydrogen (secondary N) is 1. The van der Waals surface area contributed by atoms with Crippen LogP contribution in [-0.4, -0.2) is 27.8 Å². The Balaban J connectivity index is 2.55. The van der Waals surface area contributed by atoms with E-state index in [2.05, 4.69) is 36.1 Å². The van der Waals surface area contributed by atoms with Gasteiger partial charge in [0.1, 0.15) is 0 Å². The largest absolute Gasteiger partial charge is 0.313 e. The summed E-state index contributed by atoms with van der Waals surface area (Å²) in [5.41, 5.74) is 1.11. The van der Waals surface area contributed by atoms with E-state index in [1.54, 1.807) is 11.8 Å². The molecule has 1 rings (SSSR count). The van der Waals surface area contributed by atoms with Gasteiger partial charge in [0.05, 0.1) is 0 Å². The van der Waals surface area contributed by atoms with Crippen molar-refractivity contribution in [2.45, 2.75) is 50.6 Å². The molecule has 0 aliphatic rings. The summed E-state index contributed by atoms with van der Waals surface area (Å²) in [5.74, 6) is 0. The van der Waals surface area contributed by atoms with Crippen molar-refractivity contribution < 1.29 is 0 Å². The summed E-state index contributed by atoms with van der Waals surface area (Å²) in [5, 5.41) is 4.85. The normalized spacial score (nSPS) is 14.8. The van der Waals surface area contributed by atoms with Crippen molar-refractivity contribution in [1.82, 2.24) is 15.3 Å². The number of thioether (sulfide) groups is 1. The van der Waals surface area contributed by atoms with Gasteiger partial charge < -0.3 is 5.32 Å². The highest BCUT2D eigenvalue weighted by molar-refractivity contribution is 7.99. The van der Waals surface area contributed by atoms with Crippen molar-refractivity contribution >= 4 is 11.8 Å². The summed E-state index contributed by atoms with van der Waals surface area (Å²) in [6, 6.07) is 0.528. The van der Waals surface area contributed by atoms with E-state index in [1.165, 1.54) is 0 Å². The first-order chi connectivity index (χ1) is 7.67.